The first-order valence-corrected chi connectivity index (χ1v) is 7.65. The highest BCUT2D eigenvalue weighted by Gasteiger charge is 2.27. The van der Waals surface area contributed by atoms with Crippen molar-refractivity contribution in [1.82, 2.24) is 5.32 Å². The lowest BCUT2D eigenvalue weighted by Gasteiger charge is -2.27. The summed E-state index contributed by atoms with van der Waals surface area (Å²) in [5, 5.41) is 13.9. The van der Waals surface area contributed by atoms with Crippen molar-refractivity contribution in [3.63, 3.8) is 0 Å². The summed E-state index contributed by atoms with van der Waals surface area (Å²) >= 11 is 3.55. The van der Waals surface area contributed by atoms with E-state index >= 15 is 0 Å². The van der Waals surface area contributed by atoms with Crippen molar-refractivity contribution < 1.29 is 5.11 Å². The zero-order chi connectivity index (χ0) is 12.8. The van der Waals surface area contributed by atoms with Crippen LogP contribution in [-0.2, 0) is 6.54 Å². The van der Waals surface area contributed by atoms with E-state index in [2.05, 4.69) is 33.4 Å². The van der Waals surface area contributed by atoms with Gasteiger partial charge < -0.3 is 10.4 Å². The zero-order valence-electron chi connectivity index (χ0n) is 10.8. The Bertz CT molecular complexity index is 373. The van der Waals surface area contributed by atoms with Gasteiger partial charge in [0.25, 0.3) is 0 Å². The summed E-state index contributed by atoms with van der Waals surface area (Å²) in [5.41, 5.74) is 0.757. The second kappa shape index (κ2) is 6.69. The van der Waals surface area contributed by atoms with Crippen LogP contribution in [0.25, 0.3) is 0 Å². The van der Waals surface area contributed by atoms with E-state index in [4.69, 9.17) is 0 Å². The highest BCUT2D eigenvalue weighted by atomic mass is 79.9. The van der Waals surface area contributed by atoms with Gasteiger partial charge in [0.2, 0.25) is 0 Å². The molecular formula is C15H22BrNO. The van der Waals surface area contributed by atoms with Gasteiger partial charge in [-0.3, -0.25) is 0 Å². The summed E-state index contributed by atoms with van der Waals surface area (Å²) < 4.78 is 1.13. The number of halogens is 1. The Balaban J connectivity index is 1.82. The minimum Gasteiger partial charge on any atom is -0.389 e. The van der Waals surface area contributed by atoms with Crippen LogP contribution in [0, 0.1) is 0 Å². The summed E-state index contributed by atoms with van der Waals surface area (Å²) in [6, 6.07) is 8.22. The standard InChI is InChI=1S/C15H22BrNO/c16-14-8-4-3-7-13(14)11-17-12-15(18)9-5-1-2-6-10-15/h3-4,7-8,17-18H,1-2,5-6,9-12H2. The van der Waals surface area contributed by atoms with Gasteiger partial charge >= 0.3 is 0 Å². The molecule has 2 nitrogen and oxygen atoms in total. The molecule has 1 aromatic rings. The predicted octanol–water partition coefficient (Wildman–Crippen LogP) is 3.62. The molecule has 2 N–H and O–H groups in total. The van der Waals surface area contributed by atoms with Gasteiger partial charge in [-0.15, -0.1) is 0 Å². The smallest absolute Gasteiger partial charge is 0.0771 e. The second-order valence-corrected chi connectivity index (χ2v) is 6.19. The van der Waals surface area contributed by atoms with Gasteiger partial charge in [-0.1, -0.05) is 59.8 Å². The van der Waals surface area contributed by atoms with Crippen LogP contribution in [0.5, 0.6) is 0 Å². The minimum absolute atomic E-state index is 0.488. The predicted molar refractivity (Wildman–Crippen MR) is 78.5 cm³/mol. The molecule has 0 aromatic heterocycles. The maximum atomic E-state index is 10.5. The van der Waals surface area contributed by atoms with Crippen molar-refractivity contribution in [3.05, 3.63) is 34.3 Å². The molecule has 1 aliphatic rings. The third kappa shape index (κ3) is 4.08. The van der Waals surface area contributed by atoms with Gasteiger partial charge in [-0.05, 0) is 24.5 Å². The van der Waals surface area contributed by atoms with Crippen LogP contribution in [0.1, 0.15) is 44.1 Å². The fourth-order valence-corrected chi connectivity index (χ4v) is 3.06. The van der Waals surface area contributed by atoms with Crippen molar-refractivity contribution in [3.8, 4) is 0 Å². The maximum Gasteiger partial charge on any atom is 0.0771 e. The molecule has 0 unspecified atom stereocenters. The number of aliphatic hydroxyl groups is 1. The van der Waals surface area contributed by atoms with Crippen molar-refractivity contribution in [1.29, 1.82) is 0 Å². The van der Waals surface area contributed by atoms with Crippen molar-refractivity contribution >= 4 is 15.9 Å². The lowest BCUT2D eigenvalue weighted by atomic mass is 9.94. The van der Waals surface area contributed by atoms with Gasteiger partial charge in [-0.2, -0.15) is 0 Å². The highest BCUT2D eigenvalue weighted by molar-refractivity contribution is 9.10. The molecule has 0 aliphatic heterocycles. The van der Waals surface area contributed by atoms with Crippen molar-refractivity contribution in [2.75, 3.05) is 6.54 Å². The first-order valence-electron chi connectivity index (χ1n) is 6.86. The van der Waals surface area contributed by atoms with Crippen molar-refractivity contribution in [2.24, 2.45) is 0 Å². The zero-order valence-corrected chi connectivity index (χ0v) is 12.4. The van der Waals surface area contributed by atoms with Gasteiger partial charge in [-0.25, -0.2) is 0 Å². The Labute approximate surface area is 118 Å². The van der Waals surface area contributed by atoms with E-state index in [1.54, 1.807) is 0 Å². The number of nitrogens with one attached hydrogen (secondary N) is 1. The molecule has 0 saturated heterocycles. The Morgan fingerprint density at radius 3 is 2.44 bits per heavy atom. The third-order valence-corrected chi connectivity index (χ3v) is 4.54. The molecule has 2 rings (SSSR count). The summed E-state index contributed by atoms with van der Waals surface area (Å²) in [4.78, 5) is 0. The average molecular weight is 312 g/mol. The van der Waals surface area contributed by atoms with Crippen molar-refractivity contribution in [2.45, 2.75) is 50.7 Å². The van der Waals surface area contributed by atoms with Crippen LogP contribution in [0.2, 0.25) is 0 Å². The number of hydrogen-bond acceptors (Lipinski definition) is 2. The summed E-state index contributed by atoms with van der Waals surface area (Å²) in [5.74, 6) is 0. The van der Waals surface area contributed by atoms with Crippen LogP contribution in [0.3, 0.4) is 0 Å². The Hall–Kier alpha value is -0.380. The Morgan fingerprint density at radius 1 is 1.11 bits per heavy atom. The Kier molecular flexibility index (Phi) is 5.22. The molecule has 0 heterocycles. The van der Waals surface area contributed by atoms with Crippen LogP contribution in [0.15, 0.2) is 28.7 Å². The topological polar surface area (TPSA) is 32.3 Å². The fraction of sp³-hybridized carbons (Fsp3) is 0.600. The van der Waals surface area contributed by atoms with Crippen LogP contribution >= 0.6 is 15.9 Å². The fourth-order valence-electron chi connectivity index (χ4n) is 2.64. The number of benzene rings is 1. The average Bonchev–Trinajstić information content (AvgIpc) is 2.57. The molecule has 3 heteroatoms. The summed E-state index contributed by atoms with van der Waals surface area (Å²) in [7, 11) is 0. The normalized spacial score (nSPS) is 19.4. The van der Waals surface area contributed by atoms with E-state index in [9.17, 15) is 5.11 Å². The monoisotopic (exact) mass is 311 g/mol. The van der Waals surface area contributed by atoms with Gasteiger partial charge in [0, 0.05) is 17.6 Å². The van der Waals surface area contributed by atoms with E-state index in [-0.39, 0.29) is 0 Å². The summed E-state index contributed by atoms with van der Waals surface area (Å²) in [6.07, 6.45) is 6.74. The highest BCUT2D eigenvalue weighted by Crippen LogP contribution is 2.26. The van der Waals surface area contributed by atoms with Crippen LogP contribution < -0.4 is 5.32 Å². The molecular weight excluding hydrogens is 290 g/mol. The largest absolute Gasteiger partial charge is 0.389 e. The molecule has 0 bridgehead atoms. The van der Waals surface area contributed by atoms with Gasteiger partial charge in [0.05, 0.1) is 5.60 Å². The molecule has 1 aromatic carbocycles. The van der Waals surface area contributed by atoms with E-state index in [0.29, 0.717) is 6.54 Å². The van der Waals surface area contributed by atoms with E-state index in [1.165, 1.54) is 18.4 Å². The number of hydrogen-bond donors (Lipinski definition) is 2. The third-order valence-electron chi connectivity index (χ3n) is 3.76. The molecule has 0 radical (unpaired) electrons. The lowest BCUT2D eigenvalue weighted by molar-refractivity contribution is 0.0250. The number of rotatable bonds is 4. The molecule has 0 amide bonds. The first-order chi connectivity index (χ1) is 8.70. The van der Waals surface area contributed by atoms with E-state index < -0.39 is 5.60 Å². The molecule has 0 atom stereocenters. The SMILES string of the molecule is OC1(CNCc2ccccc2Br)CCCCCC1. The maximum absolute atomic E-state index is 10.5. The molecule has 1 saturated carbocycles. The summed E-state index contributed by atoms with van der Waals surface area (Å²) in [6.45, 7) is 1.51. The van der Waals surface area contributed by atoms with Crippen LogP contribution in [0.4, 0.5) is 0 Å². The quantitative estimate of drug-likeness (QED) is 0.832. The Morgan fingerprint density at radius 2 is 1.78 bits per heavy atom. The second-order valence-electron chi connectivity index (χ2n) is 5.33. The van der Waals surface area contributed by atoms with Gasteiger partial charge in [0.1, 0.15) is 0 Å². The van der Waals surface area contributed by atoms with E-state index in [1.807, 2.05) is 12.1 Å². The minimum atomic E-state index is -0.488. The molecule has 1 fully saturated rings. The lowest BCUT2D eigenvalue weighted by Crippen LogP contribution is -2.39. The molecule has 1 aliphatic carbocycles. The van der Waals surface area contributed by atoms with E-state index in [0.717, 1.165) is 36.7 Å². The van der Waals surface area contributed by atoms with Crippen LogP contribution in [-0.4, -0.2) is 17.3 Å². The molecule has 100 valence electrons. The first kappa shape index (κ1) is 14.0. The molecule has 0 spiro atoms. The van der Waals surface area contributed by atoms with Gasteiger partial charge in [0.15, 0.2) is 0 Å². The molecule has 18 heavy (non-hydrogen) atoms.